The van der Waals surface area contributed by atoms with E-state index in [4.69, 9.17) is 14.2 Å². The summed E-state index contributed by atoms with van der Waals surface area (Å²) >= 11 is 0. The maximum atomic E-state index is 13.5. The summed E-state index contributed by atoms with van der Waals surface area (Å²) in [6, 6.07) is 4.41. The minimum Gasteiger partial charge on any atom is -0.488 e. The van der Waals surface area contributed by atoms with Crippen LogP contribution >= 0.6 is 0 Å². The van der Waals surface area contributed by atoms with E-state index in [1.807, 2.05) is 0 Å². The molecule has 18 heavy (non-hydrogen) atoms. The van der Waals surface area contributed by atoms with E-state index in [-0.39, 0.29) is 12.4 Å². The maximum absolute atomic E-state index is 13.5. The zero-order valence-electron chi connectivity index (χ0n) is 10.7. The van der Waals surface area contributed by atoms with E-state index >= 15 is 0 Å². The summed E-state index contributed by atoms with van der Waals surface area (Å²) in [4.78, 5) is 0. The molecule has 0 aromatic heterocycles. The van der Waals surface area contributed by atoms with Crippen LogP contribution in [-0.4, -0.2) is 38.6 Å². The Balaban J connectivity index is 2.34. The number of hydrogen-bond acceptors (Lipinski definition) is 4. The van der Waals surface area contributed by atoms with Gasteiger partial charge in [-0.25, -0.2) is 4.39 Å². The van der Waals surface area contributed by atoms with Gasteiger partial charge >= 0.3 is 0 Å². The molecule has 0 aliphatic rings. The maximum Gasteiger partial charge on any atom is 0.165 e. The van der Waals surface area contributed by atoms with E-state index in [0.717, 1.165) is 0 Å². The summed E-state index contributed by atoms with van der Waals surface area (Å²) < 4.78 is 28.8. The molecule has 0 aliphatic carbocycles. The molecule has 1 N–H and O–H groups in total. The molecule has 0 heterocycles. The summed E-state index contributed by atoms with van der Waals surface area (Å²) in [6.07, 6.45) is -0.689. The predicted octanol–water partition coefficient (Wildman–Crippen LogP) is 1.92. The summed E-state index contributed by atoms with van der Waals surface area (Å²) in [7, 11) is 1.60. The van der Waals surface area contributed by atoms with Gasteiger partial charge in [0.25, 0.3) is 0 Å². The van der Waals surface area contributed by atoms with Crippen LogP contribution in [0.4, 0.5) is 4.39 Å². The molecule has 0 amide bonds. The van der Waals surface area contributed by atoms with E-state index < -0.39 is 11.9 Å². The average molecular weight is 258 g/mol. The van der Waals surface area contributed by atoms with E-state index in [1.54, 1.807) is 20.1 Å². The van der Waals surface area contributed by atoms with Crippen molar-refractivity contribution in [1.82, 2.24) is 0 Å². The van der Waals surface area contributed by atoms with Gasteiger partial charge in [-0.1, -0.05) is 6.07 Å². The molecular formula is C13H19FO4. The van der Waals surface area contributed by atoms with Crippen LogP contribution in [0.5, 0.6) is 5.75 Å². The Bertz CT molecular complexity index is 355. The van der Waals surface area contributed by atoms with Crippen molar-refractivity contribution in [3.05, 3.63) is 29.6 Å². The van der Waals surface area contributed by atoms with Crippen molar-refractivity contribution in [1.29, 1.82) is 0 Å². The summed E-state index contributed by atoms with van der Waals surface area (Å²) in [5, 5.41) is 9.30. The second-order valence-corrected chi connectivity index (χ2v) is 3.82. The lowest BCUT2D eigenvalue weighted by molar-refractivity contribution is 0.0538. The first-order valence-corrected chi connectivity index (χ1v) is 5.82. The molecule has 0 aliphatic heterocycles. The third-order valence-corrected chi connectivity index (χ3v) is 2.36. The molecule has 0 saturated carbocycles. The zero-order valence-corrected chi connectivity index (χ0v) is 10.7. The molecule has 4 nitrogen and oxygen atoms in total. The molecule has 5 heteroatoms. The molecule has 0 radical (unpaired) electrons. The Morgan fingerprint density at radius 1 is 1.22 bits per heavy atom. The quantitative estimate of drug-likeness (QED) is 0.724. The molecule has 0 fully saturated rings. The second-order valence-electron chi connectivity index (χ2n) is 3.82. The Kier molecular flexibility index (Phi) is 6.64. The lowest BCUT2D eigenvalue weighted by Crippen LogP contribution is -2.10. The van der Waals surface area contributed by atoms with Gasteiger partial charge in [0.15, 0.2) is 11.6 Å². The van der Waals surface area contributed by atoms with E-state index in [9.17, 15) is 9.50 Å². The van der Waals surface area contributed by atoms with Crippen molar-refractivity contribution in [2.24, 2.45) is 0 Å². The largest absolute Gasteiger partial charge is 0.488 e. The fraction of sp³-hybridized carbons (Fsp3) is 0.538. The topological polar surface area (TPSA) is 47.9 Å². The van der Waals surface area contributed by atoms with Crippen LogP contribution in [0.15, 0.2) is 18.2 Å². The van der Waals surface area contributed by atoms with Gasteiger partial charge in [0.2, 0.25) is 0 Å². The third kappa shape index (κ3) is 5.00. The van der Waals surface area contributed by atoms with Gasteiger partial charge < -0.3 is 19.3 Å². The highest BCUT2D eigenvalue weighted by molar-refractivity contribution is 5.30. The van der Waals surface area contributed by atoms with Crippen molar-refractivity contribution < 1.29 is 23.7 Å². The lowest BCUT2D eigenvalue weighted by atomic mass is 10.1. The molecule has 0 spiro atoms. The first-order valence-electron chi connectivity index (χ1n) is 5.82. The number of aliphatic hydroxyl groups excluding tert-OH is 1. The van der Waals surface area contributed by atoms with Crippen LogP contribution in [0.3, 0.4) is 0 Å². The minimum absolute atomic E-state index is 0.162. The van der Waals surface area contributed by atoms with Crippen molar-refractivity contribution in [2.75, 3.05) is 33.5 Å². The van der Waals surface area contributed by atoms with Gasteiger partial charge in [-0.3, -0.25) is 0 Å². The van der Waals surface area contributed by atoms with Crippen molar-refractivity contribution in [2.45, 2.75) is 13.0 Å². The third-order valence-electron chi connectivity index (χ3n) is 2.36. The van der Waals surface area contributed by atoms with Crippen LogP contribution in [0, 0.1) is 5.82 Å². The predicted molar refractivity (Wildman–Crippen MR) is 65.2 cm³/mol. The first-order chi connectivity index (χ1) is 8.65. The SMILES string of the molecule is COCCOCCOc1ccc(C(C)O)cc1F. The number of methoxy groups -OCH3 is 1. The molecule has 1 aromatic rings. The molecule has 0 bridgehead atoms. The van der Waals surface area contributed by atoms with Crippen molar-refractivity contribution >= 4 is 0 Å². The van der Waals surface area contributed by atoms with Gasteiger partial charge in [-0.2, -0.15) is 0 Å². The molecule has 1 rings (SSSR count). The van der Waals surface area contributed by atoms with E-state index in [1.165, 1.54) is 12.1 Å². The Morgan fingerprint density at radius 3 is 2.56 bits per heavy atom. The lowest BCUT2D eigenvalue weighted by Gasteiger charge is -2.10. The van der Waals surface area contributed by atoms with Crippen LogP contribution in [-0.2, 0) is 9.47 Å². The smallest absolute Gasteiger partial charge is 0.165 e. The average Bonchev–Trinajstić information content (AvgIpc) is 2.35. The fourth-order valence-corrected chi connectivity index (χ4v) is 1.35. The summed E-state index contributed by atoms with van der Waals surface area (Å²) in [5.41, 5.74) is 0.524. The van der Waals surface area contributed by atoms with E-state index in [0.29, 0.717) is 25.4 Å². The van der Waals surface area contributed by atoms with Crippen LogP contribution < -0.4 is 4.74 Å². The number of rotatable bonds is 8. The van der Waals surface area contributed by atoms with E-state index in [2.05, 4.69) is 0 Å². The van der Waals surface area contributed by atoms with Crippen molar-refractivity contribution in [3.8, 4) is 5.75 Å². The monoisotopic (exact) mass is 258 g/mol. The minimum atomic E-state index is -0.689. The summed E-state index contributed by atoms with van der Waals surface area (Å²) in [5.74, 6) is -0.319. The van der Waals surface area contributed by atoms with Gasteiger partial charge in [0, 0.05) is 7.11 Å². The number of hydrogen-bond donors (Lipinski definition) is 1. The molecular weight excluding hydrogens is 239 g/mol. The highest BCUT2D eigenvalue weighted by Gasteiger charge is 2.07. The highest BCUT2D eigenvalue weighted by atomic mass is 19.1. The van der Waals surface area contributed by atoms with Gasteiger partial charge in [0.1, 0.15) is 6.61 Å². The molecule has 1 aromatic carbocycles. The fourth-order valence-electron chi connectivity index (χ4n) is 1.35. The van der Waals surface area contributed by atoms with Crippen LogP contribution in [0.2, 0.25) is 0 Å². The first kappa shape index (κ1) is 14.9. The van der Waals surface area contributed by atoms with Gasteiger partial charge in [0.05, 0.1) is 25.9 Å². The number of benzene rings is 1. The number of ether oxygens (including phenoxy) is 3. The second kappa shape index (κ2) is 8.02. The normalized spacial score (nSPS) is 12.4. The number of aliphatic hydroxyl groups is 1. The Hall–Kier alpha value is -1.17. The Labute approximate surface area is 106 Å². The number of halogens is 1. The molecule has 1 unspecified atom stereocenters. The molecule has 1 atom stereocenters. The zero-order chi connectivity index (χ0) is 13.4. The van der Waals surface area contributed by atoms with Crippen molar-refractivity contribution in [3.63, 3.8) is 0 Å². The van der Waals surface area contributed by atoms with Gasteiger partial charge in [-0.05, 0) is 24.6 Å². The highest BCUT2D eigenvalue weighted by Crippen LogP contribution is 2.21. The standard InChI is InChI=1S/C13H19FO4/c1-10(15)11-3-4-13(12(14)9-11)18-8-7-17-6-5-16-2/h3-4,9-10,15H,5-8H2,1-2H3. The Morgan fingerprint density at radius 2 is 1.94 bits per heavy atom. The van der Waals surface area contributed by atoms with Crippen LogP contribution in [0.1, 0.15) is 18.6 Å². The van der Waals surface area contributed by atoms with Gasteiger partial charge in [-0.15, -0.1) is 0 Å². The molecule has 0 saturated heterocycles. The summed E-state index contributed by atoms with van der Waals surface area (Å²) in [6.45, 7) is 3.25. The molecule has 102 valence electrons. The van der Waals surface area contributed by atoms with Crippen LogP contribution in [0.25, 0.3) is 0 Å².